The van der Waals surface area contributed by atoms with E-state index in [4.69, 9.17) is 0 Å². The van der Waals surface area contributed by atoms with Gasteiger partial charge in [0.25, 0.3) is 0 Å². The Balaban J connectivity index is 1.86. The number of fused-ring (bicyclic) bond motifs is 1. The lowest BCUT2D eigenvalue weighted by molar-refractivity contribution is 0.687. The third-order valence-corrected chi connectivity index (χ3v) is 3.56. The van der Waals surface area contributed by atoms with Gasteiger partial charge in [-0.05, 0) is 18.1 Å². The molecule has 5 nitrogen and oxygen atoms in total. The van der Waals surface area contributed by atoms with Crippen LogP contribution in [0.2, 0.25) is 0 Å². The minimum Gasteiger partial charge on any atom is -0.360 e. The Morgan fingerprint density at radius 3 is 2.79 bits per heavy atom. The highest BCUT2D eigenvalue weighted by atomic mass is 32.1. The molecule has 0 saturated carbocycles. The fourth-order valence-corrected chi connectivity index (χ4v) is 2.51. The third-order valence-electron chi connectivity index (χ3n) is 2.68. The van der Waals surface area contributed by atoms with Gasteiger partial charge in [-0.1, -0.05) is 25.2 Å². The van der Waals surface area contributed by atoms with Crippen LogP contribution in [0, 0.1) is 5.92 Å². The zero-order valence-electron chi connectivity index (χ0n) is 10.9. The minimum absolute atomic E-state index is 0.601. The van der Waals surface area contributed by atoms with Gasteiger partial charge in [-0.15, -0.1) is 5.10 Å². The van der Waals surface area contributed by atoms with Crippen molar-refractivity contribution in [3.63, 3.8) is 0 Å². The van der Waals surface area contributed by atoms with Crippen molar-refractivity contribution in [3.05, 3.63) is 30.7 Å². The van der Waals surface area contributed by atoms with E-state index in [1.165, 1.54) is 0 Å². The van der Waals surface area contributed by atoms with Crippen molar-refractivity contribution in [2.24, 2.45) is 5.92 Å². The quantitative estimate of drug-likeness (QED) is 0.794. The summed E-state index contributed by atoms with van der Waals surface area (Å²) in [7, 11) is 0. The van der Waals surface area contributed by atoms with Crippen molar-refractivity contribution < 1.29 is 0 Å². The van der Waals surface area contributed by atoms with Gasteiger partial charge in [0, 0.05) is 24.5 Å². The molecule has 3 aromatic heterocycles. The van der Waals surface area contributed by atoms with Crippen LogP contribution in [0.5, 0.6) is 0 Å². The van der Waals surface area contributed by atoms with Gasteiger partial charge in [0.15, 0.2) is 0 Å². The van der Waals surface area contributed by atoms with Gasteiger partial charge >= 0.3 is 0 Å². The predicted octanol–water partition coefficient (Wildman–Crippen LogP) is 2.92. The van der Waals surface area contributed by atoms with E-state index < -0.39 is 0 Å². The number of imidazole rings is 1. The molecule has 0 unspecified atom stereocenters. The zero-order chi connectivity index (χ0) is 13.2. The van der Waals surface area contributed by atoms with Crippen LogP contribution in [-0.4, -0.2) is 26.1 Å². The molecule has 0 atom stereocenters. The molecule has 3 aromatic rings. The van der Waals surface area contributed by atoms with E-state index in [2.05, 4.69) is 34.2 Å². The number of pyridine rings is 1. The molecule has 98 valence electrons. The predicted molar refractivity (Wildman–Crippen MR) is 77.4 cm³/mol. The number of anilines is 1. The van der Waals surface area contributed by atoms with Gasteiger partial charge in [-0.2, -0.15) is 0 Å². The first-order valence-electron chi connectivity index (χ1n) is 6.23. The Hall–Kier alpha value is -1.95. The molecule has 0 aliphatic rings. The van der Waals surface area contributed by atoms with Crippen LogP contribution in [0.25, 0.3) is 16.2 Å². The van der Waals surface area contributed by atoms with Crippen LogP contribution < -0.4 is 5.32 Å². The lowest BCUT2D eigenvalue weighted by Crippen LogP contribution is -2.07. The highest BCUT2D eigenvalue weighted by Gasteiger charge is 2.09. The summed E-state index contributed by atoms with van der Waals surface area (Å²) in [6, 6.07) is 3.90. The molecular weight excluding hydrogens is 258 g/mol. The van der Waals surface area contributed by atoms with E-state index in [-0.39, 0.29) is 0 Å². The first-order valence-corrected chi connectivity index (χ1v) is 7.04. The summed E-state index contributed by atoms with van der Waals surface area (Å²) in [5, 5.41) is 8.71. The summed E-state index contributed by atoms with van der Waals surface area (Å²) in [5.74, 6) is 0.601. The highest BCUT2D eigenvalue weighted by molar-refractivity contribution is 7.20. The number of hydrogen-bond acceptors (Lipinski definition) is 5. The lowest BCUT2D eigenvalue weighted by Gasteiger charge is -2.03. The van der Waals surface area contributed by atoms with Gasteiger partial charge in [-0.3, -0.25) is 4.98 Å². The van der Waals surface area contributed by atoms with Gasteiger partial charge in [0.05, 0.1) is 11.9 Å². The van der Waals surface area contributed by atoms with E-state index in [1.54, 1.807) is 23.7 Å². The Morgan fingerprint density at radius 1 is 1.32 bits per heavy atom. The van der Waals surface area contributed by atoms with E-state index in [1.807, 2.05) is 22.8 Å². The first-order chi connectivity index (χ1) is 9.22. The van der Waals surface area contributed by atoms with Crippen LogP contribution in [0.3, 0.4) is 0 Å². The molecule has 6 heteroatoms. The first kappa shape index (κ1) is 12.1. The molecule has 0 amide bonds. The Labute approximate surface area is 115 Å². The third kappa shape index (κ3) is 2.58. The molecule has 0 aromatic carbocycles. The molecule has 0 aliphatic heterocycles. The summed E-state index contributed by atoms with van der Waals surface area (Å²) >= 11 is 1.57. The fraction of sp³-hybridized carbons (Fsp3) is 0.308. The SMILES string of the molecule is CC(C)CNc1nn2cc(-c3ccncc3)nc2s1. The molecule has 1 N–H and O–H groups in total. The van der Waals surface area contributed by atoms with Crippen molar-refractivity contribution in [2.75, 3.05) is 11.9 Å². The number of rotatable bonds is 4. The summed E-state index contributed by atoms with van der Waals surface area (Å²) < 4.78 is 1.82. The Kier molecular flexibility index (Phi) is 3.16. The van der Waals surface area contributed by atoms with Gasteiger partial charge < -0.3 is 5.32 Å². The monoisotopic (exact) mass is 273 g/mol. The molecule has 3 heterocycles. The van der Waals surface area contributed by atoms with Crippen LogP contribution in [0.1, 0.15) is 13.8 Å². The van der Waals surface area contributed by atoms with Crippen LogP contribution in [-0.2, 0) is 0 Å². The van der Waals surface area contributed by atoms with Crippen LogP contribution in [0.15, 0.2) is 30.7 Å². The molecule has 19 heavy (non-hydrogen) atoms. The van der Waals surface area contributed by atoms with Crippen molar-refractivity contribution in [2.45, 2.75) is 13.8 Å². The highest BCUT2D eigenvalue weighted by Crippen LogP contribution is 2.24. The van der Waals surface area contributed by atoms with Gasteiger partial charge in [-0.25, -0.2) is 9.50 Å². The standard InChI is InChI=1S/C13H15N5S/c1-9(2)7-15-12-17-18-8-11(16-13(18)19-12)10-3-5-14-6-4-10/h3-6,8-9H,7H2,1-2H3,(H,15,17). The second-order valence-corrected chi connectivity index (χ2v) is 5.73. The molecule has 3 rings (SSSR count). The smallest absolute Gasteiger partial charge is 0.214 e. The van der Waals surface area contributed by atoms with Gasteiger partial charge in [0.1, 0.15) is 0 Å². The number of nitrogens with one attached hydrogen (secondary N) is 1. The fourth-order valence-electron chi connectivity index (χ4n) is 1.72. The largest absolute Gasteiger partial charge is 0.360 e. The van der Waals surface area contributed by atoms with Crippen LogP contribution in [0.4, 0.5) is 5.13 Å². The molecule has 0 fully saturated rings. The molecule has 0 aliphatic carbocycles. The second kappa shape index (κ2) is 4.97. The average Bonchev–Trinajstić information content (AvgIpc) is 2.95. The van der Waals surface area contributed by atoms with Crippen molar-refractivity contribution in [1.29, 1.82) is 0 Å². The summed E-state index contributed by atoms with van der Waals surface area (Å²) in [6.07, 6.45) is 5.49. The average molecular weight is 273 g/mol. The molecule has 0 radical (unpaired) electrons. The molecule has 0 bridgehead atoms. The van der Waals surface area contributed by atoms with Crippen LogP contribution >= 0.6 is 11.3 Å². The second-order valence-electron chi connectivity index (χ2n) is 4.77. The van der Waals surface area contributed by atoms with E-state index >= 15 is 0 Å². The topological polar surface area (TPSA) is 55.1 Å². The van der Waals surface area contributed by atoms with Crippen molar-refractivity contribution in [1.82, 2.24) is 19.6 Å². The maximum absolute atomic E-state index is 4.58. The lowest BCUT2D eigenvalue weighted by atomic mass is 10.2. The maximum Gasteiger partial charge on any atom is 0.214 e. The minimum atomic E-state index is 0.601. The van der Waals surface area contributed by atoms with E-state index in [0.29, 0.717) is 5.92 Å². The zero-order valence-corrected chi connectivity index (χ0v) is 11.7. The molecule has 0 saturated heterocycles. The molecular formula is C13H15N5S. The maximum atomic E-state index is 4.58. The van der Waals surface area contributed by atoms with Gasteiger partial charge in [0.2, 0.25) is 10.1 Å². The summed E-state index contributed by atoms with van der Waals surface area (Å²) in [6.45, 7) is 5.27. The van der Waals surface area contributed by atoms with E-state index in [9.17, 15) is 0 Å². The van der Waals surface area contributed by atoms with E-state index in [0.717, 1.165) is 27.9 Å². The Bertz CT molecular complexity index is 639. The normalized spacial score (nSPS) is 11.3. The summed E-state index contributed by atoms with van der Waals surface area (Å²) in [4.78, 5) is 9.49. The number of nitrogens with zero attached hydrogens (tertiary/aromatic N) is 4. The van der Waals surface area contributed by atoms with Crippen molar-refractivity contribution >= 4 is 21.4 Å². The number of hydrogen-bond donors (Lipinski definition) is 1. The number of aromatic nitrogens is 4. The summed E-state index contributed by atoms with van der Waals surface area (Å²) in [5.41, 5.74) is 1.99. The molecule has 0 spiro atoms. The Morgan fingerprint density at radius 2 is 2.11 bits per heavy atom. The van der Waals surface area contributed by atoms with Crippen molar-refractivity contribution in [3.8, 4) is 11.3 Å².